The van der Waals surface area contributed by atoms with Gasteiger partial charge in [-0.05, 0) is 48.1 Å². The molecular weight excluding hydrogens is 512 g/mol. The molecule has 7 nitrogen and oxygen atoms in total. The lowest BCUT2D eigenvalue weighted by Gasteiger charge is -2.42. The molecule has 41 heavy (non-hydrogen) atoms. The summed E-state index contributed by atoms with van der Waals surface area (Å²) in [6.45, 7) is 8.11. The van der Waals surface area contributed by atoms with E-state index in [1.54, 1.807) is 23.9 Å². The largest absolute Gasteiger partial charge is 0.341 e. The van der Waals surface area contributed by atoms with E-state index in [1.165, 1.54) is 25.7 Å². The summed E-state index contributed by atoms with van der Waals surface area (Å²) in [6.07, 6.45) is 9.42. The number of hydrogen-bond donors (Lipinski definition) is 1. The molecule has 1 N–H and O–H groups in total. The fraction of sp³-hybridized carbons (Fsp3) is 0.559. The van der Waals surface area contributed by atoms with Crippen molar-refractivity contribution in [2.24, 2.45) is 0 Å². The predicted octanol–water partition coefficient (Wildman–Crippen LogP) is 6.26. The summed E-state index contributed by atoms with van der Waals surface area (Å²) in [7, 11) is 3.42. The number of piperazine rings is 1. The number of carbonyl (C=O) groups is 3. The lowest BCUT2D eigenvalue weighted by Crippen LogP contribution is -2.63. The molecule has 7 heteroatoms. The summed E-state index contributed by atoms with van der Waals surface area (Å²) in [5.74, 6) is 0.0624. The van der Waals surface area contributed by atoms with Crippen molar-refractivity contribution in [3.8, 4) is 11.1 Å². The minimum absolute atomic E-state index is 0.0127. The van der Waals surface area contributed by atoms with Crippen LogP contribution in [-0.4, -0.2) is 71.8 Å². The Kier molecular flexibility index (Phi) is 12.7. The lowest BCUT2D eigenvalue weighted by molar-refractivity contribution is -0.159. The Balaban J connectivity index is 1.66. The van der Waals surface area contributed by atoms with Crippen molar-refractivity contribution in [1.82, 2.24) is 20.0 Å². The van der Waals surface area contributed by atoms with Crippen molar-refractivity contribution in [2.45, 2.75) is 97.2 Å². The number of unbranched alkanes of at least 4 members (excludes halogenated alkanes) is 6. The molecule has 0 aliphatic carbocycles. The van der Waals surface area contributed by atoms with E-state index in [1.807, 2.05) is 17.9 Å². The third-order valence-corrected chi connectivity index (χ3v) is 8.26. The Morgan fingerprint density at radius 3 is 2.22 bits per heavy atom. The van der Waals surface area contributed by atoms with Gasteiger partial charge in [-0.25, -0.2) is 4.79 Å². The average Bonchev–Trinajstić information content (AvgIpc) is 2.99. The van der Waals surface area contributed by atoms with Crippen LogP contribution in [0.3, 0.4) is 0 Å². The molecule has 2 aromatic rings. The Bertz CT molecular complexity index is 1130. The van der Waals surface area contributed by atoms with E-state index in [0.29, 0.717) is 19.5 Å². The number of hydrogen-bond acceptors (Lipinski definition) is 3. The van der Waals surface area contributed by atoms with Gasteiger partial charge in [-0.15, -0.1) is 0 Å². The van der Waals surface area contributed by atoms with Crippen molar-refractivity contribution >= 4 is 17.8 Å². The molecule has 0 unspecified atom stereocenters. The highest BCUT2D eigenvalue weighted by molar-refractivity contribution is 5.96. The first-order chi connectivity index (χ1) is 19.8. The zero-order chi connectivity index (χ0) is 29.8. The van der Waals surface area contributed by atoms with Crippen LogP contribution in [-0.2, 0) is 22.6 Å². The molecule has 0 bridgehead atoms. The first-order valence-electron chi connectivity index (χ1n) is 15.5. The SMILES string of the molecule is CCCCCCCCN1C(=O)[C@H](Cc2ccc(-c3cccc(CN(CCCC)C(=O)NC)c3)cc2)N(C)C(=O)[C@@H]1C. The normalized spacial score (nSPS) is 17.2. The van der Waals surface area contributed by atoms with Gasteiger partial charge < -0.3 is 20.0 Å². The maximum absolute atomic E-state index is 13.5. The van der Waals surface area contributed by atoms with Crippen molar-refractivity contribution in [2.75, 3.05) is 27.2 Å². The molecule has 2 aromatic carbocycles. The highest BCUT2D eigenvalue weighted by Crippen LogP contribution is 2.25. The Hall–Kier alpha value is -3.35. The number of nitrogens with zero attached hydrogens (tertiary/aromatic N) is 3. The molecule has 0 spiro atoms. The van der Waals surface area contributed by atoms with Crippen molar-refractivity contribution < 1.29 is 14.4 Å². The molecule has 1 aliphatic rings. The van der Waals surface area contributed by atoms with Crippen LogP contribution in [0, 0.1) is 0 Å². The van der Waals surface area contributed by atoms with Crippen LogP contribution in [0.5, 0.6) is 0 Å². The van der Waals surface area contributed by atoms with Gasteiger partial charge >= 0.3 is 6.03 Å². The fourth-order valence-corrected chi connectivity index (χ4v) is 5.61. The zero-order valence-corrected chi connectivity index (χ0v) is 25.8. The second-order valence-corrected chi connectivity index (χ2v) is 11.4. The van der Waals surface area contributed by atoms with Crippen molar-refractivity contribution in [3.05, 3.63) is 59.7 Å². The molecule has 1 heterocycles. The number of nitrogens with one attached hydrogen (secondary N) is 1. The van der Waals surface area contributed by atoms with Gasteiger partial charge in [0.15, 0.2) is 0 Å². The van der Waals surface area contributed by atoms with Crippen LogP contribution in [0.15, 0.2) is 48.5 Å². The predicted molar refractivity (Wildman–Crippen MR) is 166 cm³/mol. The van der Waals surface area contributed by atoms with E-state index in [4.69, 9.17) is 0 Å². The maximum Gasteiger partial charge on any atom is 0.317 e. The summed E-state index contributed by atoms with van der Waals surface area (Å²) in [5.41, 5.74) is 4.27. The molecule has 4 amide bonds. The van der Waals surface area contributed by atoms with Gasteiger partial charge in [-0.2, -0.15) is 0 Å². The first kappa shape index (κ1) is 32.2. The van der Waals surface area contributed by atoms with Gasteiger partial charge in [0, 0.05) is 40.2 Å². The summed E-state index contributed by atoms with van der Waals surface area (Å²) in [5, 5.41) is 2.75. The number of carbonyl (C=O) groups excluding carboxylic acids is 3. The second kappa shape index (κ2) is 16.2. The quantitative estimate of drug-likeness (QED) is 0.261. The maximum atomic E-state index is 13.5. The summed E-state index contributed by atoms with van der Waals surface area (Å²) >= 11 is 0. The third-order valence-electron chi connectivity index (χ3n) is 8.26. The molecule has 0 radical (unpaired) electrons. The first-order valence-corrected chi connectivity index (χ1v) is 15.5. The molecule has 1 aliphatic heterocycles. The van der Waals surface area contributed by atoms with Crippen molar-refractivity contribution in [3.63, 3.8) is 0 Å². The van der Waals surface area contributed by atoms with E-state index >= 15 is 0 Å². The van der Waals surface area contributed by atoms with Crippen LogP contribution in [0.1, 0.15) is 83.3 Å². The van der Waals surface area contributed by atoms with E-state index in [0.717, 1.165) is 54.5 Å². The number of rotatable bonds is 15. The molecule has 2 atom stereocenters. The number of urea groups is 1. The van der Waals surface area contributed by atoms with E-state index in [2.05, 4.69) is 61.6 Å². The van der Waals surface area contributed by atoms with E-state index in [-0.39, 0.29) is 17.8 Å². The van der Waals surface area contributed by atoms with Crippen LogP contribution >= 0.6 is 0 Å². The minimum atomic E-state index is -0.480. The van der Waals surface area contributed by atoms with Gasteiger partial charge in [0.05, 0.1) is 0 Å². The summed E-state index contributed by atoms with van der Waals surface area (Å²) < 4.78 is 0. The molecule has 1 fully saturated rings. The number of likely N-dealkylation sites (N-methyl/N-ethyl adjacent to an activating group) is 1. The molecule has 3 rings (SSSR count). The summed E-state index contributed by atoms with van der Waals surface area (Å²) in [4.78, 5) is 44.2. The molecule has 224 valence electrons. The smallest absolute Gasteiger partial charge is 0.317 e. The highest BCUT2D eigenvalue weighted by Gasteiger charge is 2.41. The Morgan fingerprint density at radius 1 is 0.854 bits per heavy atom. The summed E-state index contributed by atoms with van der Waals surface area (Å²) in [6, 6.07) is 15.6. The van der Waals surface area contributed by atoms with Gasteiger partial charge in [-0.3, -0.25) is 9.59 Å². The molecule has 0 saturated carbocycles. The topological polar surface area (TPSA) is 73.0 Å². The number of amides is 4. The van der Waals surface area contributed by atoms with Gasteiger partial charge in [0.2, 0.25) is 11.8 Å². The van der Waals surface area contributed by atoms with Crippen LogP contribution in [0.25, 0.3) is 11.1 Å². The standard InChI is InChI=1S/C34H50N4O3/c1-6-8-10-11-12-13-22-38-26(3)32(39)36(5)31(33(38)40)24-27-17-19-29(20-18-27)30-16-14-15-28(23-30)25-37(21-9-7-2)34(41)35-4/h14-20,23,26,31H,6-13,21-22,24-25H2,1-5H3,(H,35,41)/t26-,31-/m0/s1. The molecule has 1 saturated heterocycles. The van der Waals surface area contributed by atoms with Gasteiger partial charge in [0.25, 0.3) is 0 Å². The van der Waals surface area contributed by atoms with Crippen molar-refractivity contribution in [1.29, 1.82) is 0 Å². The average molecular weight is 563 g/mol. The minimum Gasteiger partial charge on any atom is -0.341 e. The molecular formula is C34H50N4O3. The van der Waals surface area contributed by atoms with Crippen LogP contribution in [0.2, 0.25) is 0 Å². The monoisotopic (exact) mass is 562 g/mol. The third kappa shape index (κ3) is 8.82. The lowest BCUT2D eigenvalue weighted by atomic mass is 9.96. The van der Waals surface area contributed by atoms with Gasteiger partial charge in [0.1, 0.15) is 12.1 Å². The Morgan fingerprint density at radius 2 is 1.54 bits per heavy atom. The second-order valence-electron chi connectivity index (χ2n) is 11.4. The highest BCUT2D eigenvalue weighted by atomic mass is 16.2. The van der Waals surface area contributed by atoms with Gasteiger partial charge in [-0.1, -0.05) is 94.8 Å². The van der Waals surface area contributed by atoms with E-state index in [9.17, 15) is 14.4 Å². The zero-order valence-electron chi connectivity index (χ0n) is 25.8. The fourth-order valence-electron chi connectivity index (χ4n) is 5.61. The molecule has 0 aromatic heterocycles. The van der Waals surface area contributed by atoms with Crippen LogP contribution in [0.4, 0.5) is 4.79 Å². The van der Waals surface area contributed by atoms with E-state index < -0.39 is 12.1 Å². The number of benzene rings is 2. The van der Waals surface area contributed by atoms with Crippen LogP contribution < -0.4 is 5.32 Å². The Labute approximate surface area is 247 Å².